The number of halogens is 6. The summed E-state index contributed by atoms with van der Waals surface area (Å²) in [5.74, 6) is -0.819. The van der Waals surface area contributed by atoms with Crippen LogP contribution in [-0.2, 0) is 17.5 Å². The van der Waals surface area contributed by atoms with Crippen molar-refractivity contribution in [1.82, 2.24) is 14.5 Å². The van der Waals surface area contributed by atoms with Crippen molar-refractivity contribution in [2.45, 2.75) is 38.6 Å². The molecule has 0 bridgehead atoms. The molecule has 2 aromatic heterocycles. The number of fused-ring (bicyclic) bond motifs is 1. The largest absolute Gasteiger partial charge is 0.434 e. The van der Waals surface area contributed by atoms with Gasteiger partial charge in [0.05, 0.1) is 30.1 Å². The van der Waals surface area contributed by atoms with Gasteiger partial charge in [-0.05, 0) is 42.8 Å². The highest BCUT2D eigenvalue weighted by Gasteiger charge is 2.32. The van der Waals surface area contributed by atoms with E-state index in [0.29, 0.717) is 37.4 Å². The summed E-state index contributed by atoms with van der Waals surface area (Å²) in [6, 6.07) is 3.92. The summed E-state index contributed by atoms with van der Waals surface area (Å²) in [6.45, 7) is -2.57. The average molecular weight is 445 g/mol. The third-order valence-electron chi connectivity index (χ3n) is 4.57. The second kappa shape index (κ2) is 9.46. The number of hydrogen-bond acceptors (Lipinski definition) is 4. The highest BCUT2D eigenvalue weighted by Crippen LogP contribution is 2.29. The first-order valence-electron chi connectivity index (χ1n) is 9.29. The number of unbranched alkanes of at least 4 members (excludes halogenated alkanes) is 2. The Labute approximate surface area is 172 Å². The summed E-state index contributed by atoms with van der Waals surface area (Å²) >= 11 is 0. The molecule has 2 heterocycles. The van der Waals surface area contributed by atoms with Gasteiger partial charge >= 0.3 is 12.8 Å². The van der Waals surface area contributed by atoms with Gasteiger partial charge in [-0.25, -0.2) is 9.37 Å². The molecule has 0 saturated carbocycles. The minimum Gasteiger partial charge on any atom is -0.323 e. The van der Waals surface area contributed by atoms with E-state index in [4.69, 9.17) is 0 Å². The number of hydrogen-bond donors (Lipinski definition) is 0. The first kappa shape index (κ1) is 22.7. The summed E-state index contributed by atoms with van der Waals surface area (Å²) in [5, 5.41) is 0.495. The molecule has 0 fully saturated rings. The number of pyridine rings is 1. The van der Waals surface area contributed by atoms with Crippen molar-refractivity contribution >= 4 is 10.8 Å². The van der Waals surface area contributed by atoms with E-state index in [1.54, 1.807) is 6.07 Å². The topological polar surface area (TPSA) is 57.0 Å². The van der Waals surface area contributed by atoms with Gasteiger partial charge in [0.15, 0.2) is 5.69 Å². The Morgan fingerprint density at radius 3 is 2.48 bits per heavy atom. The van der Waals surface area contributed by atoms with Crippen molar-refractivity contribution in [2.24, 2.45) is 0 Å². The fraction of sp³-hybridized carbons (Fsp3) is 0.350. The van der Waals surface area contributed by atoms with Crippen LogP contribution in [0, 0.1) is 5.82 Å². The smallest absolute Gasteiger partial charge is 0.323 e. The van der Waals surface area contributed by atoms with Crippen molar-refractivity contribution in [3.63, 3.8) is 0 Å². The average Bonchev–Trinajstić information content (AvgIpc) is 2.71. The van der Waals surface area contributed by atoms with E-state index in [1.165, 1.54) is 16.8 Å². The lowest BCUT2D eigenvalue weighted by Crippen LogP contribution is -2.19. The molecule has 0 aliphatic heterocycles. The summed E-state index contributed by atoms with van der Waals surface area (Å²) in [5.41, 5.74) is -1.81. The van der Waals surface area contributed by atoms with E-state index in [-0.39, 0.29) is 23.3 Å². The maximum absolute atomic E-state index is 14.6. The molecule has 3 aromatic rings. The number of aromatic nitrogens is 3. The van der Waals surface area contributed by atoms with Gasteiger partial charge in [0.25, 0.3) is 5.56 Å². The molecule has 0 spiro atoms. The molecule has 0 atom stereocenters. The van der Waals surface area contributed by atoms with E-state index in [0.717, 1.165) is 12.3 Å². The molecule has 0 aliphatic rings. The van der Waals surface area contributed by atoms with Gasteiger partial charge < -0.3 is 9.30 Å². The summed E-state index contributed by atoms with van der Waals surface area (Å²) in [4.78, 5) is 19.5. The maximum atomic E-state index is 14.6. The zero-order chi connectivity index (χ0) is 22.6. The lowest BCUT2D eigenvalue weighted by molar-refractivity contribution is -0.141. The molecular weight excluding hydrogens is 428 g/mol. The Hall–Kier alpha value is -2.95. The van der Waals surface area contributed by atoms with Crippen LogP contribution in [0.2, 0.25) is 0 Å². The van der Waals surface area contributed by atoms with Crippen LogP contribution in [0.25, 0.3) is 22.0 Å². The van der Waals surface area contributed by atoms with Crippen molar-refractivity contribution in [2.75, 3.05) is 6.61 Å². The Balaban J connectivity index is 1.77. The van der Waals surface area contributed by atoms with Crippen LogP contribution in [0.1, 0.15) is 25.0 Å². The van der Waals surface area contributed by atoms with Gasteiger partial charge in [-0.15, -0.1) is 0 Å². The number of benzene rings is 1. The molecule has 1 aromatic carbocycles. The molecular formula is C20H17F6N3O2. The van der Waals surface area contributed by atoms with Crippen LogP contribution in [0.3, 0.4) is 0 Å². The van der Waals surface area contributed by atoms with Gasteiger partial charge in [0.2, 0.25) is 0 Å². The Morgan fingerprint density at radius 2 is 1.84 bits per heavy atom. The quantitative estimate of drug-likeness (QED) is 0.361. The molecule has 0 aliphatic carbocycles. The summed E-state index contributed by atoms with van der Waals surface area (Å²) in [6.07, 6.45) is -0.278. The zero-order valence-corrected chi connectivity index (χ0v) is 16.0. The molecule has 0 saturated heterocycles. The Morgan fingerprint density at radius 1 is 1.06 bits per heavy atom. The predicted molar refractivity (Wildman–Crippen MR) is 100 cm³/mol. The van der Waals surface area contributed by atoms with E-state index >= 15 is 0 Å². The Kier molecular flexibility index (Phi) is 6.94. The lowest BCUT2D eigenvalue weighted by atomic mass is 10.1. The molecule has 0 radical (unpaired) electrons. The third kappa shape index (κ3) is 5.60. The van der Waals surface area contributed by atoms with Crippen molar-refractivity contribution in [3.05, 3.63) is 58.7 Å². The van der Waals surface area contributed by atoms with Crippen LogP contribution in [-0.4, -0.2) is 27.8 Å². The standard InChI is InChI=1S/C20H17F6N3O2/c21-15-9-13-12(8-14(15)16-10-28-17(11-27-16)20(24,25)26)4-6-29(18(13)30)5-2-1-3-7-31-19(22)23/h4,6,8-11,19H,1-3,5,7H2. The highest BCUT2D eigenvalue weighted by atomic mass is 19.4. The van der Waals surface area contributed by atoms with E-state index in [2.05, 4.69) is 14.7 Å². The van der Waals surface area contributed by atoms with Crippen LogP contribution in [0.4, 0.5) is 26.3 Å². The van der Waals surface area contributed by atoms with Crippen LogP contribution in [0.5, 0.6) is 0 Å². The third-order valence-corrected chi connectivity index (χ3v) is 4.57. The minimum absolute atomic E-state index is 0.0783. The molecule has 3 rings (SSSR count). The molecule has 31 heavy (non-hydrogen) atoms. The number of ether oxygens (including phenoxy) is 1. The second-order valence-electron chi connectivity index (χ2n) is 6.71. The Bertz CT molecular complexity index is 1100. The van der Waals surface area contributed by atoms with Gasteiger partial charge in [-0.3, -0.25) is 9.78 Å². The SMILES string of the molecule is O=c1c2cc(F)c(-c3cnc(C(F)(F)F)cn3)cc2ccn1CCCCCOC(F)F. The van der Waals surface area contributed by atoms with Gasteiger partial charge in [0, 0.05) is 18.3 Å². The lowest BCUT2D eigenvalue weighted by Gasteiger charge is -2.10. The number of nitrogens with zero attached hydrogens (tertiary/aromatic N) is 3. The monoisotopic (exact) mass is 445 g/mol. The highest BCUT2D eigenvalue weighted by molar-refractivity contribution is 5.86. The number of rotatable bonds is 8. The molecule has 166 valence electrons. The van der Waals surface area contributed by atoms with E-state index in [9.17, 15) is 31.1 Å². The van der Waals surface area contributed by atoms with Gasteiger partial charge in [0.1, 0.15) is 5.82 Å². The number of alkyl halides is 5. The van der Waals surface area contributed by atoms with Gasteiger partial charge in [-0.2, -0.15) is 22.0 Å². The van der Waals surface area contributed by atoms with Crippen molar-refractivity contribution in [1.29, 1.82) is 0 Å². The van der Waals surface area contributed by atoms with Gasteiger partial charge in [-0.1, -0.05) is 0 Å². The summed E-state index contributed by atoms with van der Waals surface area (Å²) in [7, 11) is 0. The molecule has 5 nitrogen and oxygen atoms in total. The van der Waals surface area contributed by atoms with Crippen molar-refractivity contribution in [3.8, 4) is 11.3 Å². The van der Waals surface area contributed by atoms with Crippen LogP contribution < -0.4 is 5.56 Å². The first-order chi connectivity index (χ1) is 14.7. The molecule has 0 unspecified atom stereocenters. The fourth-order valence-corrected chi connectivity index (χ4v) is 3.03. The molecule has 0 amide bonds. The molecule has 0 N–H and O–H groups in total. The zero-order valence-electron chi connectivity index (χ0n) is 16.0. The molecule has 11 heteroatoms. The maximum Gasteiger partial charge on any atom is 0.434 e. The van der Waals surface area contributed by atoms with E-state index < -0.39 is 29.9 Å². The second-order valence-corrected chi connectivity index (χ2v) is 6.71. The predicted octanol–water partition coefficient (Wildman–Crippen LogP) is 5.03. The normalized spacial score (nSPS) is 12.1. The minimum atomic E-state index is -4.66. The van der Waals surface area contributed by atoms with Crippen LogP contribution >= 0.6 is 0 Å². The van der Waals surface area contributed by atoms with E-state index in [1.807, 2.05) is 0 Å². The van der Waals surface area contributed by atoms with Crippen LogP contribution in [0.15, 0.2) is 41.6 Å². The first-order valence-corrected chi connectivity index (χ1v) is 9.29. The number of aryl methyl sites for hydroxylation is 1. The van der Waals surface area contributed by atoms with Crippen molar-refractivity contribution < 1.29 is 31.1 Å². The summed E-state index contributed by atoms with van der Waals surface area (Å²) < 4.78 is 81.8. The fourth-order valence-electron chi connectivity index (χ4n) is 3.03.